The molecule has 0 N–H and O–H groups in total. The van der Waals surface area contributed by atoms with Crippen LogP contribution in [0.4, 0.5) is 5.82 Å². The maximum atomic E-state index is 11.9. The molecule has 180 valence electrons. The minimum atomic E-state index is 0.139. The second-order valence-electron chi connectivity index (χ2n) is 9.15. The summed E-state index contributed by atoms with van der Waals surface area (Å²) >= 11 is 0. The molecule has 2 aromatic carbocycles. The summed E-state index contributed by atoms with van der Waals surface area (Å²) < 4.78 is 5.30. The standard InChI is InChI=1S/C27H35N5O2/c1-19-8-6-9-24-26(19)28-25(18-30(4)20(2)22-10-12-23(34-5)13-11-22)29-27(24)32-15-7-14-31(16-17-32)21(3)33/h6,8-13,20H,7,14-18H2,1-5H3/t20-/m1/s1. The van der Waals surface area contributed by atoms with Crippen LogP contribution < -0.4 is 9.64 Å². The van der Waals surface area contributed by atoms with Gasteiger partial charge in [-0.3, -0.25) is 9.69 Å². The van der Waals surface area contributed by atoms with Crippen LogP contribution in [0.2, 0.25) is 0 Å². The minimum absolute atomic E-state index is 0.139. The van der Waals surface area contributed by atoms with Gasteiger partial charge in [0.25, 0.3) is 0 Å². The van der Waals surface area contributed by atoms with Crippen LogP contribution in [0.3, 0.4) is 0 Å². The predicted octanol–water partition coefficient (Wildman–Crippen LogP) is 4.20. The normalized spacial score (nSPS) is 15.5. The monoisotopic (exact) mass is 461 g/mol. The van der Waals surface area contributed by atoms with Crippen LogP contribution in [-0.2, 0) is 11.3 Å². The Morgan fingerprint density at radius 3 is 2.56 bits per heavy atom. The van der Waals surface area contributed by atoms with E-state index >= 15 is 0 Å². The fourth-order valence-corrected chi connectivity index (χ4v) is 4.58. The Morgan fingerprint density at radius 2 is 1.85 bits per heavy atom. The molecule has 4 rings (SSSR count). The molecule has 7 nitrogen and oxygen atoms in total. The van der Waals surface area contributed by atoms with Gasteiger partial charge in [-0.2, -0.15) is 0 Å². The third kappa shape index (κ3) is 5.14. The van der Waals surface area contributed by atoms with Gasteiger partial charge < -0.3 is 14.5 Å². The van der Waals surface area contributed by atoms with Gasteiger partial charge in [0.1, 0.15) is 17.4 Å². The molecular formula is C27H35N5O2. The molecule has 7 heteroatoms. The van der Waals surface area contributed by atoms with Crippen LogP contribution in [0.25, 0.3) is 10.9 Å². The number of hydrogen-bond acceptors (Lipinski definition) is 6. The van der Waals surface area contributed by atoms with Crippen LogP contribution in [0.15, 0.2) is 42.5 Å². The first-order chi connectivity index (χ1) is 16.4. The van der Waals surface area contributed by atoms with Gasteiger partial charge in [0.15, 0.2) is 0 Å². The van der Waals surface area contributed by atoms with Crippen molar-refractivity contribution in [3.05, 3.63) is 59.4 Å². The van der Waals surface area contributed by atoms with E-state index in [1.165, 1.54) is 5.56 Å². The molecule has 34 heavy (non-hydrogen) atoms. The molecule has 0 radical (unpaired) electrons. The number of methoxy groups -OCH3 is 1. The third-order valence-electron chi connectivity index (χ3n) is 6.85. The largest absolute Gasteiger partial charge is 0.497 e. The molecule has 1 fully saturated rings. The topological polar surface area (TPSA) is 61.8 Å². The van der Waals surface area contributed by atoms with E-state index in [1.807, 2.05) is 17.0 Å². The number of amides is 1. The van der Waals surface area contributed by atoms with Crippen LogP contribution in [0, 0.1) is 6.92 Å². The zero-order chi connectivity index (χ0) is 24.2. The van der Waals surface area contributed by atoms with E-state index in [1.54, 1.807) is 14.0 Å². The molecule has 1 aromatic heterocycles. The molecule has 1 atom stereocenters. The summed E-state index contributed by atoms with van der Waals surface area (Å²) in [5.41, 5.74) is 3.37. The highest BCUT2D eigenvalue weighted by Crippen LogP contribution is 2.28. The van der Waals surface area contributed by atoms with Crippen molar-refractivity contribution in [3.63, 3.8) is 0 Å². The van der Waals surface area contributed by atoms with E-state index in [0.717, 1.165) is 66.5 Å². The van der Waals surface area contributed by atoms with E-state index in [9.17, 15) is 4.79 Å². The molecule has 3 aromatic rings. The maximum absolute atomic E-state index is 11.9. The molecule has 2 heterocycles. The number of benzene rings is 2. The van der Waals surface area contributed by atoms with E-state index < -0.39 is 0 Å². The summed E-state index contributed by atoms with van der Waals surface area (Å²) in [4.78, 5) is 28.5. The molecule has 0 unspecified atom stereocenters. The number of carbonyl (C=O) groups is 1. The number of carbonyl (C=O) groups excluding carboxylic acids is 1. The van der Waals surface area contributed by atoms with Gasteiger partial charge in [0.2, 0.25) is 5.91 Å². The zero-order valence-corrected chi connectivity index (χ0v) is 20.9. The second-order valence-corrected chi connectivity index (χ2v) is 9.15. The Kier molecular flexibility index (Phi) is 7.32. The van der Waals surface area contributed by atoms with E-state index in [0.29, 0.717) is 6.54 Å². The first kappa shape index (κ1) is 24.0. The van der Waals surface area contributed by atoms with Crippen LogP contribution in [-0.4, -0.2) is 66.0 Å². The Hall–Kier alpha value is -3.19. The predicted molar refractivity (Wildman–Crippen MR) is 136 cm³/mol. The molecule has 0 aliphatic carbocycles. The fourth-order valence-electron chi connectivity index (χ4n) is 4.58. The van der Waals surface area contributed by atoms with E-state index in [4.69, 9.17) is 14.7 Å². The summed E-state index contributed by atoms with van der Waals surface area (Å²) in [5.74, 6) is 2.78. The van der Waals surface area contributed by atoms with E-state index in [-0.39, 0.29) is 11.9 Å². The fraction of sp³-hybridized carbons (Fsp3) is 0.444. The molecule has 1 aliphatic rings. The molecular weight excluding hydrogens is 426 g/mol. The molecule has 1 amide bonds. The number of hydrogen-bond donors (Lipinski definition) is 0. The molecule has 0 bridgehead atoms. The Labute approximate surface area is 202 Å². The van der Waals surface area contributed by atoms with Crippen molar-refractivity contribution < 1.29 is 9.53 Å². The lowest BCUT2D eigenvalue weighted by atomic mass is 10.1. The number of fused-ring (bicyclic) bond motifs is 1. The van der Waals surface area contributed by atoms with Gasteiger partial charge in [0, 0.05) is 44.5 Å². The van der Waals surface area contributed by atoms with Crippen molar-refractivity contribution in [1.29, 1.82) is 0 Å². The molecule has 1 aliphatic heterocycles. The van der Waals surface area contributed by atoms with Crippen molar-refractivity contribution in [1.82, 2.24) is 19.8 Å². The summed E-state index contributed by atoms with van der Waals surface area (Å²) in [6, 6.07) is 14.7. The Balaban J connectivity index is 1.63. The number of para-hydroxylation sites is 1. The van der Waals surface area contributed by atoms with Gasteiger partial charge in [-0.25, -0.2) is 9.97 Å². The zero-order valence-electron chi connectivity index (χ0n) is 20.9. The van der Waals surface area contributed by atoms with E-state index in [2.05, 4.69) is 61.0 Å². The number of rotatable bonds is 6. The highest BCUT2D eigenvalue weighted by molar-refractivity contribution is 5.91. The van der Waals surface area contributed by atoms with Crippen molar-refractivity contribution in [3.8, 4) is 5.75 Å². The van der Waals surface area contributed by atoms with Crippen molar-refractivity contribution in [2.45, 2.75) is 39.8 Å². The minimum Gasteiger partial charge on any atom is -0.497 e. The lowest BCUT2D eigenvalue weighted by molar-refractivity contribution is -0.128. The average Bonchev–Trinajstić information content (AvgIpc) is 3.10. The quantitative estimate of drug-likeness (QED) is 0.548. The number of aryl methyl sites for hydroxylation is 1. The number of aromatic nitrogens is 2. The summed E-state index contributed by atoms with van der Waals surface area (Å²) in [6.07, 6.45) is 0.931. The lowest BCUT2D eigenvalue weighted by Crippen LogP contribution is -2.34. The maximum Gasteiger partial charge on any atom is 0.219 e. The summed E-state index contributed by atoms with van der Waals surface area (Å²) in [7, 11) is 3.79. The van der Waals surface area contributed by atoms with Gasteiger partial charge >= 0.3 is 0 Å². The molecule has 0 saturated carbocycles. The van der Waals surface area contributed by atoms with Crippen molar-refractivity contribution >= 4 is 22.6 Å². The van der Waals surface area contributed by atoms with Gasteiger partial charge in [-0.1, -0.05) is 24.3 Å². The lowest BCUT2D eigenvalue weighted by Gasteiger charge is -2.27. The number of nitrogens with zero attached hydrogens (tertiary/aromatic N) is 5. The number of anilines is 1. The average molecular weight is 462 g/mol. The Morgan fingerprint density at radius 1 is 1.09 bits per heavy atom. The third-order valence-corrected chi connectivity index (χ3v) is 6.85. The Bertz CT molecular complexity index is 1150. The molecule has 1 saturated heterocycles. The summed E-state index contributed by atoms with van der Waals surface area (Å²) in [6.45, 7) is 9.75. The van der Waals surface area contributed by atoms with Gasteiger partial charge in [0.05, 0.1) is 19.2 Å². The second kappa shape index (κ2) is 10.4. The smallest absolute Gasteiger partial charge is 0.219 e. The number of ether oxygens (including phenoxy) is 1. The molecule has 0 spiro atoms. The highest BCUT2D eigenvalue weighted by atomic mass is 16.5. The first-order valence-corrected chi connectivity index (χ1v) is 12.0. The highest BCUT2D eigenvalue weighted by Gasteiger charge is 2.22. The SMILES string of the molecule is COc1ccc([C@@H](C)N(C)Cc2nc(N3CCCN(C(C)=O)CC3)c3cccc(C)c3n2)cc1. The van der Waals surface area contributed by atoms with Crippen molar-refractivity contribution in [2.75, 3.05) is 45.2 Å². The van der Waals surface area contributed by atoms with Crippen LogP contribution in [0.1, 0.15) is 43.3 Å². The van der Waals surface area contributed by atoms with Gasteiger partial charge in [-0.05, 0) is 56.6 Å². The first-order valence-electron chi connectivity index (χ1n) is 12.0. The van der Waals surface area contributed by atoms with Crippen molar-refractivity contribution in [2.24, 2.45) is 0 Å². The van der Waals surface area contributed by atoms with Crippen LogP contribution >= 0.6 is 0 Å². The van der Waals surface area contributed by atoms with Crippen LogP contribution in [0.5, 0.6) is 5.75 Å². The van der Waals surface area contributed by atoms with Gasteiger partial charge in [-0.15, -0.1) is 0 Å². The summed E-state index contributed by atoms with van der Waals surface area (Å²) in [5, 5.41) is 1.07.